The highest BCUT2D eigenvalue weighted by atomic mass is 16.3. The second-order valence-electron chi connectivity index (χ2n) is 9.43. The molecule has 0 saturated carbocycles. The van der Waals surface area contributed by atoms with Crippen LogP contribution in [0, 0.1) is 0 Å². The number of nitrogens with zero attached hydrogens (tertiary/aromatic N) is 2. The summed E-state index contributed by atoms with van der Waals surface area (Å²) < 4.78 is 6.44. The summed E-state index contributed by atoms with van der Waals surface area (Å²) in [6, 6.07) is 25.8. The van der Waals surface area contributed by atoms with E-state index in [0.29, 0.717) is 11.6 Å². The molecule has 4 aromatic carbocycles. The summed E-state index contributed by atoms with van der Waals surface area (Å²) in [4.78, 5) is 9.98. The molecule has 2 heterocycles. The molecule has 0 saturated heterocycles. The first kappa shape index (κ1) is 19.9. The molecule has 2 aromatic heterocycles. The van der Waals surface area contributed by atoms with Gasteiger partial charge in [-0.2, -0.15) is 4.98 Å². The van der Waals surface area contributed by atoms with Crippen LogP contribution in [-0.4, -0.2) is 9.97 Å². The Kier molecular flexibility index (Phi) is 4.48. The van der Waals surface area contributed by atoms with Crippen LogP contribution in [0.2, 0.25) is 0 Å². The Bertz CT molecular complexity index is 1670. The maximum Gasteiger partial charge on any atom is 0.231 e. The summed E-state index contributed by atoms with van der Waals surface area (Å²) >= 11 is 0. The van der Waals surface area contributed by atoms with Crippen LogP contribution in [0.15, 0.2) is 77.2 Å². The molecule has 3 nitrogen and oxygen atoms in total. The highest BCUT2D eigenvalue weighted by Gasteiger charge is 2.21. The van der Waals surface area contributed by atoms with Gasteiger partial charge in [-0.05, 0) is 33.7 Å². The Morgan fingerprint density at radius 2 is 1.36 bits per heavy atom. The quantitative estimate of drug-likeness (QED) is 0.282. The molecule has 0 aliphatic rings. The van der Waals surface area contributed by atoms with Gasteiger partial charge in [0.05, 0.1) is 11.1 Å². The number of aromatic nitrogens is 2. The zero-order valence-corrected chi connectivity index (χ0v) is 19.4. The first-order chi connectivity index (χ1) is 16.0. The molecule has 0 atom stereocenters. The predicted molar refractivity (Wildman–Crippen MR) is 138 cm³/mol. The lowest BCUT2D eigenvalue weighted by atomic mass is 9.91. The smallest absolute Gasteiger partial charge is 0.231 e. The van der Waals surface area contributed by atoms with Gasteiger partial charge in [-0.25, -0.2) is 4.98 Å². The van der Waals surface area contributed by atoms with Crippen molar-refractivity contribution in [2.24, 2.45) is 0 Å². The molecular formula is C30H26N2O. The minimum absolute atomic E-state index is 0.194. The summed E-state index contributed by atoms with van der Waals surface area (Å²) in [5.74, 6) is 1.44. The van der Waals surface area contributed by atoms with E-state index in [9.17, 15) is 0 Å². The molecule has 0 radical (unpaired) electrons. The van der Waals surface area contributed by atoms with Crippen molar-refractivity contribution in [2.75, 3.05) is 0 Å². The van der Waals surface area contributed by atoms with Crippen LogP contribution in [0.3, 0.4) is 0 Å². The van der Waals surface area contributed by atoms with Crippen LogP contribution in [0.25, 0.3) is 54.9 Å². The molecule has 6 aromatic rings. The van der Waals surface area contributed by atoms with Crippen molar-refractivity contribution in [1.29, 1.82) is 0 Å². The van der Waals surface area contributed by atoms with Crippen molar-refractivity contribution in [3.05, 3.63) is 84.2 Å². The molecule has 6 rings (SSSR count). The number of hydrogen-bond donors (Lipinski definition) is 0. The Labute approximate surface area is 193 Å². The van der Waals surface area contributed by atoms with Gasteiger partial charge in [0, 0.05) is 22.3 Å². The number of rotatable bonds is 3. The molecule has 0 unspecified atom stereocenters. The minimum Gasteiger partial charge on any atom is -0.437 e. The average molecular weight is 431 g/mol. The van der Waals surface area contributed by atoms with E-state index in [4.69, 9.17) is 14.4 Å². The zero-order chi connectivity index (χ0) is 22.7. The van der Waals surface area contributed by atoms with Crippen LogP contribution >= 0.6 is 0 Å². The normalized spacial score (nSPS) is 12.2. The van der Waals surface area contributed by atoms with Crippen molar-refractivity contribution in [2.45, 2.75) is 39.5 Å². The summed E-state index contributed by atoms with van der Waals surface area (Å²) in [6.45, 7) is 8.75. The molecule has 162 valence electrons. The first-order valence-corrected chi connectivity index (χ1v) is 11.7. The van der Waals surface area contributed by atoms with Gasteiger partial charge in [0.1, 0.15) is 11.4 Å². The molecule has 0 amide bonds. The minimum atomic E-state index is 0.194. The van der Waals surface area contributed by atoms with Crippen LogP contribution in [-0.2, 0) is 0 Å². The first-order valence-electron chi connectivity index (χ1n) is 11.7. The predicted octanol–water partition coefficient (Wildman–Crippen LogP) is 8.60. The van der Waals surface area contributed by atoms with E-state index in [2.05, 4.69) is 100 Å². The SMILES string of the molecule is CC(C)c1nc(-c2ccc(C(C)C)c3ccccc23)c2c(n1)oc1c3ccccc3ccc12. The third-order valence-electron chi connectivity index (χ3n) is 6.59. The van der Waals surface area contributed by atoms with Crippen molar-refractivity contribution in [3.63, 3.8) is 0 Å². The maximum atomic E-state index is 6.44. The van der Waals surface area contributed by atoms with Gasteiger partial charge in [0.2, 0.25) is 5.71 Å². The van der Waals surface area contributed by atoms with E-state index in [1.165, 1.54) is 16.3 Å². The molecule has 0 spiro atoms. The molecule has 0 N–H and O–H groups in total. The van der Waals surface area contributed by atoms with Gasteiger partial charge in [-0.15, -0.1) is 0 Å². The number of benzene rings is 4. The Balaban J connectivity index is 1.78. The van der Waals surface area contributed by atoms with E-state index in [1.54, 1.807) is 0 Å². The molecule has 0 bridgehead atoms. The van der Waals surface area contributed by atoms with E-state index >= 15 is 0 Å². The van der Waals surface area contributed by atoms with Crippen molar-refractivity contribution in [1.82, 2.24) is 9.97 Å². The van der Waals surface area contributed by atoms with Gasteiger partial charge in [0.25, 0.3) is 0 Å². The maximum absolute atomic E-state index is 6.44. The van der Waals surface area contributed by atoms with Crippen molar-refractivity contribution in [3.8, 4) is 11.3 Å². The number of furan rings is 1. The highest BCUT2D eigenvalue weighted by molar-refractivity contribution is 6.19. The molecule has 0 aliphatic carbocycles. The highest BCUT2D eigenvalue weighted by Crippen LogP contribution is 2.41. The third-order valence-corrected chi connectivity index (χ3v) is 6.59. The Hall–Kier alpha value is -3.72. The summed E-state index contributed by atoms with van der Waals surface area (Å²) in [5, 5.41) is 6.81. The van der Waals surface area contributed by atoms with Crippen LogP contribution in [0.5, 0.6) is 0 Å². The monoisotopic (exact) mass is 430 g/mol. The Morgan fingerprint density at radius 3 is 2.12 bits per heavy atom. The molecule has 33 heavy (non-hydrogen) atoms. The lowest BCUT2D eigenvalue weighted by Gasteiger charge is -2.15. The van der Waals surface area contributed by atoms with Crippen molar-refractivity contribution >= 4 is 43.6 Å². The fourth-order valence-corrected chi connectivity index (χ4v) is 4.91. The summed E-state index contributed by atoms with van der Waals surface area (Å²) in [7, 11) is 0. The number of hydrogen-bond acceptors (Lipinski definition) is 3. The lowest BCUT2D eigenvalue weighted by Crippen LogP contribution is -2.00. The van der Waals surface area contributed by atoms with E-state index in [-0.39, 0.29) is 5.92 Å². The van der Waals surface area contributed by atoms with Crippen LogP contribution in [0.1, 0.15) is 50.9 Å². The molecule has 0 fully saturated rings. The van der Waals surface area contributed by atoms with Crippen molar-refractivity contribution < 1.29 is 4.42 Å². The van der Waals surface area contributed by atoms with E-state index < -0.39 is 0 Å². The van der Waals surface area contributed by atoms with Gasteiger partial charge in [-0.3, -0.25) is 0 Å². The van der Waals surface area contributed by atoms with Crippen LogP contribution in [0.4, 0.5) is 0 Å². The third kappa shape index (κ3) is 3.03. The van der Waals surface area contributed by atoms with Gasteiger partial charge < -0.3 is 4.42 Å². The fourth-order valence-electron chi connectivity index (χ4n) is 4.91. The Morgan fingerprint density at radius 1 is 0.636 bits per heavy atom. The van der Waals surface area contributed by atoms with E-state index in [1.807, 2.05) is 0 Å². The second-order valence-corrected chi connectivity index (χ2v) is 9.43. The lowest BCUT2D eigenvalue weighted by molar-refractivity contribution is 0.646. The summed E-state index contributed by atoms with van der Waals surface area (Å²) in [6.07, 6.45) is 0. The molecular weight excluding hydrogens is 404 g/mol. The second kappa shape index (κ2) is 7.41. The largest absolute Gasteiger partial charge is 0.437 e. The van der Waals surface area contributed by atoms with Gasteiger partial charge in [-0.1, -0.05) is 94.4 Å². The fraction of sp³-hybridized carbons (Fsp3) is 0.200. The van der Waals surface area contributed by atoms with Crippen LogP contribution < -0.4 is 0 Å². The van der Waals surface area contributed by atoms with Gasteiger partial charge in [0.15, 0.2) is 0 Å². The molecule has 3 heteroatoms. The zero-order valence-electron chi connectivity index (χ0n) is 19.4. The topological polar surface area (TPSA) is 38.9 Å². The number of fused-ring (bicyclic) bond motifs is 6. The molecule has 0 aliphatic heterocycles. The average Bonchev–Trinajstić information content (AvgIpc) is 3.22. The van der Waals surface area contributed by atoms with Gasteiger partial charge >= 0.3 is 0 Å². The standard InChI is InChI=1S/C30H26N2O/c1-17(2)20-15-16-24(23-12-8-7-11-22(20)23)27-26-25-14-13-19-9-5-6-10-21(19)28(25)33-30(26)32-29(31-27)18(3)4/h5-18H,1-4H3. The van der Waals surface area contributed by atoms with E-state index in [0.717, 1.165) is 44.2 Å². The summed E-state index contributed by atoms with van der Waals surface area (Å²) in [5.41, 5.74) is 4.96.